The van der Waals surface area contributed by atoms with Crippen LogP contribution in [0.1, 0.15) is 12.6 Å². The number of amides is 1. The molecule has 7 heteroatoms. The molecule has 0 aliphatic heterocycles. The van der Waals surface area contributed by atoms with Crippen LogP contribution in [0.15, 0.2) is 12.1 Å². The fourth-order valence-electron chi connectivity index (χ4n) is 0.895. The minimum Gasteiger partial charge on any atom is -0.311 e. The van der Waals surface area contributed by atoms with Crippen molar-refractivity contribution in [3.05, 3.63) is 17.8 Å². The van der Waals surface area contributed by atoms with Crippen molar-refractivity contribution in [3.63, 3.8) is 0 Å². The Morgan fingerprint density at radius 1 is 1.50 bits per heavy atom. The van der Waals surface area contributed by atoms with Crippen LogP contribution < -0.4 is 5.32 Å². The minimum absolute atomic E-state index is 0.105. The van der Waals surface area contributed by atoms with Crippen molar-refractivity contribution in [2.45, 2.75) is 13.1 Å². The van der Waals surface area contributed by atoms with E-state index in [0.717, 1.165) is 12.1 Å². The Kier molecular flexibility index (Phi) is 2.75. The lowest BCUT2D eigenvalue weighted by atomic mass is 10.4. The summed E-state index contributed by atoms with van der Waals surface area (Å²) in [6, 6.07) is 1.87. The van der Waals surface area contributed by atoms with Gasteiger partial charge in [0.25, 0.3) is 0 Å². The second-order valence-electron chi connectivity index (χ2n) is 2.56. The molecule has 0 saturated heterocycles. The number of halogens is 4. The minimum atomic E-state index is -4.53. The molecule has 78 valence electrons. The van der Waals surface area contributed by atoms with Gasteiger partial charge in [-0.05, 0) is 12.1 Å². The van der Waals surface area contributed by atoms with Crippen LogP contribution in [-0.4, -0.2) is 9.99 Å². The topological polar surface area (TPSA) is 34.0 Å². The Bertz CT molecular complexity index is 358. The molecule has 1 amide bonds. The average Bonchev–Trinajstić information content (AvgIpc) is 2.30. The van der Waals surface area contributed by atoms with E-state index in [9.17, 15) is 18.0 Å². The first-order chi connectivity index (χ1) is 6.32. The quantitative estimate of drug-likeness (QED) is 0.784. The van der Waals surface area contributed by atoms with E-state index in [1.165, 1.54) is 6.92 Å². The summed E-state index contributed by atoms with van der Waals surface area (Å²) in [5.74, 6) is -0.592. The number of carbonyl (C=O) groups excluding carboxylic acids is 1. The SMILES string of the molecule is CC(=O)Nc1ccc(C(F)(F)F)n1Cl. The average molecular weight is 227 g/mol. The largest absolute Gasteiger partial charge is 0.432 e. The van der Waals surface area contributed by atoms with E-state index in [0.29, 0.717) is 4.09 Å². The van der Waals surface area contributed by atoms with E-state index >= 15 is 0 Å². The van der Waals surface area contributed by atoms with E-state index < -0.39 is 17.8 Å². The molecule has 0 aliphatic carbocycles. The van der Waals surface area contributed by atoms with Crippen molar-refractivity contribution >= 4 is 23.5 Å². The summed E-state index contributed by atoms with van der Waals surface area (Å²) >= 11 is 5.34. The summed E-state index contributed by atoms with van der Waals surface area (Å²) in [7, 11) is 0. The number of anilines is 1. The maximum absolute atomic E-state index is 12.2. The second kappa shape index (κ2) is 3.53. The Morgan fingerprint density at radius 2 is 2.07 bits per heavy atom. The van der Waals surface area contributed by atoms with E-state index in [1.54, 1.807) is 0 Å². The molecule has 0 aliphatic rings. The number of carbonyl (C=O) groups is 1. The molecule has 0 bridgehead atoms. The molecule has 0 spiro atoms. The third-order valence-electron chi connectivity index (χ3n) is 1.42. The van der Waals surface area contributed by atoms with Crippen molar-refractivity contribution in [2.75, 3.05) is 5.32 Å². The highest BCUT2D eigenvalue weighted by Gasteiger charge is 2.35. The van der Waals surface area contributed by atoms with Crippen LogP contribution in [0.5, 0.6) is 0 Å². The molecular weight excluding hydrogens is 221 g/mol. The molecule has 3 nitrogen and oxygen atoms in total. The standard InChI is InChI=1S/C7H6ClF3N2O/c1-4(14)12-6-3-2-5(13(6)8)7(9,10)11/h2-3H,1H3,(H,12,14). The predicted octanol–water partition coefficient (Wildman–Crippen LogP) is 2.47. The number of aromatic nitrogens is 1. The van der Waals surface area contributed by atoms with Gasteiger partial charge in [0.05, 0.1) is 0 Å². The first-order valence-corrected chi connectivity index (χ1v) is 3.89. The molecule has 14 heavy (non-hydrogen) atoms. The molecule has 0 unspecified atom stereocenters. The highest BCUT2D eigenvalue weighted by molar-refractivity contribution is 6.18. The maximum Gasteiger partial charge on any atom is 0.432 e. The van der Waals surface area contributed by atoms with Gasteiger partial charge in [-0.25, -0.2) is 4.09 Å². The predicted molar refractivity (Wildman–Crippen MR) is 45.0 cm³/mol. The van der Waals surface area contributed by atoms with Crippen LogP contribution in [0.25, 0.3) is 0 Å². The molecule has 1 N–H and O–H groups in total. The summed E-state index contributed by atoms with van der Waals surface area (Å²) in [4.78, 5) is 10.6. The molecule has 0 atom stereocenters. The van der Waals surface area contributed by atoms with Gasteiger partial charge in [0, 0.05) is 18.7 Å². The van der Waals surface area contributed by atoms with E-state index in [4.69, 9.17) is 11.8 Å². The van der Waals surface area contributed by atoms with E-state index in [2.05, 4.69) is 5.32 Å². The zero-order chi connectivity index (χ0) is 10.9. The monoisotopic (exact) mass is 226 g/mol. The van der Waals surface area contributed by atoms with Gasteiger partial charge >= 0.3 is 6.18 Å². The maximum atomic E-state index is 12.2. The van der Waals surface area contributed by atoms with Gasteiger partial charge in [-0.2, -0.15) is 13.2 Å². The van der Waals surface area contributed by atoms with Gasteiger partial charge in [0.2, 0.25) is 5.91 Å². The molecule has 0 saturated carbocycles. The number of nitrogens with zero attached hydrogens (tertiary/aromatic N) is 1. The zero-order valence-corrected chi connectivity index (χ0v) is 7.78. The highest BCUT2D eigenvalue weighted by Crippen LogP contribution is 2.32. The van der Waals surface area contributed by atoms with Gasteiger partial charge in [-0.1, -0.05) is 0 Å². The smallest absolute Gasteiger partial charge is 0.311 e. The third kappa shape index (κ3) is 2.20. The molecule has 1 rings (SSSR count). The lowest BCUT2D eigenvalue weighted by Crippen LogP contribution is -2.12. The lowest BCUT2D eigenvalue weighted by molar-refractivity contribution is -0.141. The third-order valence-corrected chi connectivity index (χ3v) is 1.78. The molecule has 0 radical (unpaired) electrons. The summed E-state index contributed by atoms with van der Waals surface area (Å²) in [5, 5.41) is 2.16. The molecule has 1 heterocycles. The van der Waals surface area contributed by atoms with Crippen molar-refractivity contribution in [1.29, 1.82) is 0 Å². The van der Waals surface area contributed by atoms with E-state index in [-0.39, 0.29) is 5.82 Å². The summed E-state index contributed by atoms with van der Waals surface area (Å²) in [6.07, 6.45) is -4.53. The summed E-state index contributed by atoms with van der Waals surface area (Å²) in [6.45, 7) is 1.18. The number of hydrogen-bond acceptors (Lipinski definition) is 1. The molecular formula is C7H6ClF3N2O. The van der Waals surface area contributed by atoms with Gasteiger partial charge in [-0.3, -0.25) is 4.79 Å². The van der Waals surface area contributed by atoms with Crippen molar-refractivity contribution in [1.82, 2.24) is 4.09 Å². The number of hydrogen-bond donors (Lipinski definition) is 1. The first kappa shape index (κ1) is 10.9. The number of alkyl halides is 3. The van der Waals surface area contributed by atoms with Gasteiger partial charge in [0.1, 0.15) is 11.5 Å². The first-order valence-electron chi connectivity index (χ1n) is 3.55. The van der Waals surface area contributed by atoms with Crippen molar-refractivity contribution in [3.8, 4) is 0 Å². The van der Waals surface area contributed by atoms with Crippen LogP contribution >= 0.6 is 11.8 Å². The summed E-state index contributed by atoms with van der Waals surface area (Å²) < 4.78 is 36.9. The fraction of sp³-hybridized carbons (Fsp3) is 0.286. The van der Waals surface area contributed by atoms with Gasteiger partial charge in [-0.15, -0.1) is 0 Å². The Balaban J connectivity index is 3.03. The van der Waals surface area contributed by atoms with Crippen LogP contribution in [0.3, 0.4) is 0 Å². The van der Waals surface area contributed by atoms with Crippen LogP contribution in [-0.2, 0) is 11.0 Å². The zero-order valence-electron chi connectivity index (χ0n) is 7.02. The summed E-state index contributed by atoms with van der Waals surface area (Å²) in [5.41, 5.74) is -1.03. The van der Waals surface area contributed by atoms with Crippen LogP contribution in [0.4, 0.5) is 19.0 Å². The van der Waals surface area contributed by atoms with Crippen LogP contribution in [0, 0.1) is 0 Å². The Morgan fingerprint density at radius 3 is 2.43 bits per heavy atom. The highest BCUT2D eigenvalue weighted by atomic mass is 35.5. The number of nitrogens with one attached hydrogen (secondary N) is 1. The Labute approximate surface area is 82.6 Å². The van der Waals surface area contributed by atoms with Crippen molar-refractivity contribution in [2.24, 2.45) is 0 Å². The fourth-order valence-corrected chi connectivity index (χ4v) is 1.15. The molecule has 0 aromatic carbocycles. The van der Waals surface area contributed by atoms with Gasteiger partial charge in [0.15, 0.2) is 0 Å². The molecule has 1 aromatic rings. The number of rotatable bonds is 1. The Hall–Kier alpha value is -1.17. The molecule has 0 fully saturated rings. The lowest BCUT2D eigenvalue weighted by Gasteiger charge is -2.07. The van der Waals surface area contributed by atoms with Crippen molar-refractivity contribution < 1.29 is 18.0 Å². The van der Waals surface area contributed by atoms with E-state index in [1.807, 2.05) is 0 Å². The van der Waals surface area contributed by atoms with Gasteiger partial charge < -0.3 is 5.32 Å². The normalized spacial score (nSPS) is 11.5. The second-order valence-corrected chi connectivity index (χ2v) is 2.90. The molecule has 1 aromatic heterocycles. The van der Waals surface area contributed by atoms with Crippen LogP contribution in [0.2, 0.25) is 0 Å².